The summed E-state index contributed by atoms with van der Waals surface area (Å²) in [5, 5.41) is 4.05. The Kier molecular flexibility index (Phi) is 4.80. The lowest BCUT2D eigenvalue weighted by Crippen LogP contribution is -2.23. The third-order valence-corrected chi connectivity index (χ3v) is 7.31. The highest BCUT2D eigenvalue weighted by molar-refractivity contribution is 7.89. The maximum absolute atomic E-state index is 12.3. The van der Waals surface area contributed by atoms with Gasteiger partial charge in [0.25, 0.3) is 0 Å². The van der Waals surface area contributed by atoms with Crippen molar-refractivity contribution in [3.05, 3.63) is 52.0 Å². The quantitative estimate of drug-likeness (QED) is 0.845. The summed E-state index contributed by atoms with van der Waals surface area (Å²) >= 11 is 6.60. The van der Waals surface area contributed by atoms with Gasteiger partial charge >= 0.3 is 0 Å². The van der Waals surface area contributed by atoms with Crippen molar-refractivity contribution in [1.82, 2.24) is 9.62 Å². The fraction of sp³-hybridized carbons (Fsp3) is 0.368. The van der Waals surface area contributed by atoms with E-state index in [0.29, 0.717) is 16.5 Å². The van der Waals surface area contributed by atoms with Crippen LogP contribution in [0.25, 0.3) is 0 Å². The molecule has 144 valence electrons. The second-order valence-corrected chi connectivity index (χ2v) is 9.39. The van der Waals surface area contributed by atoms with Gasteiger partial charge in [0, 0.05) is 26.6 Å². The lowest BCUT2D eigenvalue weighted by Gasteiger charge is -2.20. The monoisotopic (exact) mass is 408 g/mol. The molecule has 0 bridgehead atoms. The van der Waals surface area contributed by atoms with Crippen molar-refractivity contribution >= 4 is 21.6 Å². The molecule has 0 saturated heterocycles. The van der Waals surface area contributed by atoms with Crippen molar-refractivity contribution < 1.29 is 17.9 Å². The molecule has 1 atom stereocenters. The fourth-order valence-corrected chi connectivity index (χ4v) is 4.83. The highest BCUT2D eigenvalue weighted by Crippen LogP contribution is 2.46. The largest absolute Gasteiger partial charge is 0.454 e. The molecule has 8 heteroatoms. The summed E-state index contributed by atoms with van der Waals surface area (Å²) in [6.07, 6.45) is 0.800. The number of nitrogens with zero attached hydrogens (tertiary/aromatic N) is 1. The maximum Gasteiger partial charge on any atom is 0.242 e. The number of hydrogen-bond donors (Lipinski definition) is 1. The summed E-state index contributed by atoms with van der Waals surface area (Å²) in [4.78, 5) is 0.279. The highest BCUT2D eigenvalue weighted by Gasteiger charge is 2.29. The van der Waals surface area contributed by atoms with E-state index in [1.807, 2.05) is 18.2 Å². The second kappa shape index (κ2) is 6.98. The molecule has 4 rings (SSSR count). The molecule has 1 unspecified atom stereocenters. The van der Waals surface area contributed by atoms with Crippen LogP contribution in [0.5, 0.6) is 11.5 Å². The SMILES string of the molecule is CN(C)S(=O)(=O)c1ccc(C2CNCCc3c2cc2c(c3Cl)OCO2)cc1. The first-order valence-electron chi connectivity index (χ1n) is 8.73. The molecule has 0 amide bonds. The smallest absolute Gasteiger partial charge is 0.242 e. The molecule has 0 radical (unpaired) electrons. The first kappa shape index (κ1) is 18.6. The zero-order valence-electron chi connectivity index (χ0n) is 15.2. The molecule has 0 aliphatic carbocycles. The van der Waals surface area contributed by atoms with Gasteiger partial charge in [-0.25, -0.2) is 12.7 Å². The van der Waals surface area contributed by atoms with Gasteiger partial charge in [-0.1, -0.05) is 23.7 Å². The Morgan fingerprint density at radius 1 is 1.19 bits per heavy atom. The number of rotatable bonds is 3. The van der Waals surface area contributed by atoms with E-state index in [1.165, 1.54) is 18.4 Å². The Hall–Kier alpha value is -1.80. The van der Waals surface area contributed by atoms with E-state index in [-0.39, 0.29) is 17.6 Å². The van der Waals surface area contributed by atoms with Gasteiger partial charge in [-0.3, -0.25) is 0 Å². The predicted octanol–water partition coefficient (Wildman–Crippen LogP) is 2.60. The molecule has 2 aliphatic heterocycles. The summed E-state index contributed by atoms with van der Waals surface area (Å²) in [6.45, 7) is 1.73. The lowest BCUT2D eigenvalue weighted by atomic mass is 9.87. The molecule has 0 aromatic heterocycles. The van der Waals surface area contributed by atoms with Crippen LogP contribution in [0.15, 0.2) is 35.2 Å². The summed E-state index contributed by atoms with van der Waals surface area (Å²) in [5.74, 6) is 1.33. The lowest BCUT2D eigenvalue weighted by molar-refractivity contribution is 0.174. The van der Waals surface area contributed by atoms with Crippen molar-refractivity contribution in [3.63, 3.8) is 0 Å². The number of sulfonamides is 1. The number of nitrogens with one attached hydrogen (secondary N) is 1. The number of fused-ring (bicyclic) bond motifs is 2. The van der Waals surface area contributed by atoms with Crippen molar-refractivity contribution in [2.45, 2.75) is 17.2 Å². The second-order valence-electron chi connectivity index (χ2n) is 6.86. The molecule has 2 heterocycles. The van der Waals surface area contributed by atoms with Gasteiger partial charge in [0.2, 0.25) is 16.8 Å². The van der Waals surface area contributed by atoms with Gasteiger partial charge in [-0.15, -0.1) is 0 Å². The van der Waals surface area contributed by atoms with Crippen molar-refractivity contribution in [2.75, 3.05) is 34.0 Å². The van der Waals surface area contributed by atoms with E-state index in [0.717, 1.165) is 36.2 Å². The third kappa shape index (κ3) is 3.18. The average Bonchev–Trinajstić information content (AvgIpc) is 3.02. The molecular formula is C19H21ClN2O4S. The van der Waals surface area contributed by atoms with Gasteiger partial charge in [0.15, 0.2) is 11.5 Å². The van der Waals surface area contributed by atoms with Gasteiger partial charge < -0.3 is 14.8 Å². The molecular weight excluding hydrogens is 388 g/mol. The van der Waals surface area contributed by atoms with Crippen LogP contribution in [0.2, 0.25) is 5.02 Å². The molecule has 6 nitrogen and oxygen atoms in total. The van der Waals surface area contributed by atoms with Crippen LogP contribution in [-0.2, 0) is 16.4 Å². The van der Waals surface area contributed by atoms with Crippen molar-refractivity contribution in [2.24, 2.45) is 0 Å². The Morgan fingerprint density at radius 3 is 2.63 bits per heavy atom. The number of benzene rings is 2. The summed E-state index contributed by atoms with van der Waals surface area (Å²) in [5.41, 5.74) is 3.18. The standard InChI is InChI=1S/C19H21ClN2O4S/c1-22(2)27(23,24)13-5-3-12(4-6-13)16-10-21-8-7-14-15(16)9-17-19(18(14)20)26-11-25-17/h3-6,9,16,21H,7-8,10-11H2,1-2H3. The van der Waals surface area contributed by atoms with Gasteiger partial charge in [-0.2, -0.15) is 0 Å². The maximum atomic E-state index is 12.3. The normalized spacial score (nSPS) is 19.0. The molecule has 0 fully saturated rings. The predicted molar refractivity (Wildman–Crippen MR) is 103 cm³/mol. The minimum Gasteiger partial charge on any atom is -0.454 e. The molecule has 2 aromatic rings. The van der Waals surface area contributed by atoms with Gasteiger partial charge in [0.1, 0.15) is 0 Å². The topological polar surface area (TPSA) is 67.9 Å². The summed E-state index contributed by atoms with van der Waals surface area (Å²) < 4.78 is 36.9. The van der Waals surface area contributed by atoms with E-state index >= 15 is 0 Å². The van der Waals surface area contributed by atoms with Crippen LogP contribution in [-0.4, -0.2) is 46.7 Å². The van der Waals surface area contributed by atoms with Crippen molar-refractivity contribution in [3.8, 4) is 11.5 Å². The Balaban J connectivity index is 1.76. The van der Waals surface area contributed by atoms with Crippen LogP contribution >= 0.6 is 11.6 Å². The number of hydrogen-bond acceptors (Lipinski definition) is 5. The zero-order valence-corrected chi connectivity index (χ0v) is 16.7. The number of halogens is 1. The first-order valence-corrected chi connectivity index (χ1v) is 10.6. The molecule has 27 heavy (non-hydrogen) atoms. The van der Waals surface area contributed by atoms with Gasteiger partial charge in [-0.05, 0) is 47.9 Å². The Labute approximate surface area is 164 Å². The van der Waals surface area contributed by atoms with Gasteiger partial charge in [0.05, 0.1) is 9.92 Å². The zero-order chi connectivity index (χ0) is 19.2. The molecule has 1 N–H and O–H groups in total. The van der Waals surface area contributed by atoms with Crippen LogP contribution in [0.3, 0.4) is 0 Å². The molecule has 2 aromatic carbocycles. The summed E-state index contributed by atoms with van der Waals surface area (Å²) in [6, 6.07) is 9.06. The van der Waals surface area contributed by atoms with E-state index < -0.39 is 10.0 Å². The van der Waals surface area contributed by atoms with E-state index in [4.69, 9.17) is 21.1 Å². The molecule has 0 spiro atoms. The minimum atomic E-state index is -3.45. The highest BCUT2D eigenvalue weighted by atomic mass is 35.5. The molecule has 2 aliphatic rings. The van der Waals surface area contributed by atoms with E-state index in [2.05, 4.69) is 5.32 Å². The first-order chi connectivity index (χ1) is 12.9. The fourth-order valence-electron chi connectivity index (χ4n) is 3.57. The van der Waals surface area contributed by atoms with Crippen LogP contribution < -0.4 is 14.8 Å². The Morgan fingerprint density at radius 2 is 1.93 bits per heavy atom. The van der Waals surface area contributed by atoms with Crippen LogP contribution in [0, 0.1) is 0 Å². The average molecular weight is 409 g/mol. The minimum absolute atomic E-state index is 0.0469. The summed E-state index contributed by atoms with van der Waals surface area (Å²) in [7, 11) is -0.392. The Bertz CT molecular complexity index is 974. The van der Waals surface area contributed by atoms with Crippen molar-refractivity contribution in [1.29, 1.82) is 0 Å². The third-order valence-electron chi connectivity index (χ3n) is 5.08. The number of ether oxygens (including phenoxy) is 2. The van der Waals surface area contributed by atoms with E-state index in [1.54, 1.807) is 12.1 Å². The van der Waals surface area contributed by atoms with E-state index in [9.17, 15) is 8.42 Å². The van der Waals surface area contributed by atoms with Crippen LogP contribution in [0.4, 0.5) is 0 Å². The molecule has 0 saturated carbocycles. The van der Waals surface area contributed by atoms with Crippen LogP contribution in [0.1, 0.15) is 22.6 Å².